The van der Waals surface area contributed by atoms with Crippen molar-refractivity contribution in [3.05, 3.63) is 77.3 Å². The second-order valence-corrected chi connectivity index (χ2v) is 12.1. The van der Waals surface area contributed by atoms with E-state index in [0.717, 1.165) is 48.1 Å². The first kappa shape index (κ1) is 29.9. The molecule has 0 bridgehead atoms. The first-order valence-corrected chi connectivity index (χ1v) is 15.1. The summed E-state index contributed by atoms with van der Waals surface area (Å²) in [5.74, 6) is 0.405. The summed E-state index contributed by atoms with van der Waals surface area (Å²) in [6.07, 6.45) is 0. The van der Waals surface area contributed by atoms with E-state index in [4.69, 9.17) is 21.3 Å². The Hall–Kier alpha value is -3.09. The molecule has 9 nitrogen and oxygen atoms in total. The van der Waals surface area contributed by atoms with Crippen LogP contribution in [0.2, 0.25) is 5.02 Å². The molecule has 5 rings (SSSR count). The van der Waals surface area contributed by atoms with E-state index in [0.29, 0.717) is 28.6 Å². The number of fused-ring (bicyclic) bond motifs is 1. The SMILES string of the molecule is COc1c(Cl)ccc2sc(N3CCN(CCNC(=O)c4ccc(NS(=O)(=O)c5ccccc5)cc4)CC3)nc12.Cl. The molecule has 1 aliphatic heterocycles. The zero-order valence-corrected chi connectivity index (χ0v) is 24.9. The van der Waals surface area contributed by atoms with Gasteiger partial charge in [0, 0.05) is 50.5 Å². The topological polar surface area (TPSA) is 104 Å². The molecular weight excluding hydrogens is 593 g/mol. The van der Waals surface area contributed by atoms with E-state index in [-0.39, 0.29) is 23.2 Å². The largest absolute Gasteiger partial charge is 0.493 e. The van der Waals surface area contributed by atoms with Crippen LogP contribution in [0.5, 0.6) is 5.75 Å². The molecule has 1 amide bonds. The fourth-order valence-corrected chi connectivity index (χ4v) is 6.68. The summed E-state index contributed by atoms with van der Waals surface area (Å²) >= 11 is 7.87. The van der Waals surface area contributed by atoms with E-state index in [1.54, 1.807) is 60.9 Å². The van der Waals surface area contributed by atoms with E-state index in [2.05, 4.69) is 19.8 Å². The van der Waals surface area contributed by atoms with E-state index < -0.39 is 10.0 Å². The number of aromatic nitrogens is 1. The average molecular weight is 623 g/mol. The molecule has 212 valence electrons. The molecule has 0 unspecified atom stereocenters. The third-order valence-electron chi connectivity index (χ3n) is 6.47. The van der Waals surface area contributed by atoms with Crippen LogP contribution in [0.4, 0.5) is 10.8 Å². The number of nitrogens with one attached hydrogen (secondary N) is 2. The lowest BCUT2D eigenvalue weighted by atomic mass is 10.2. The van der Waals surface area contributed by atoms with Crippen molar-refractivity contribution in [2.24, 2.45) is 0 Å². The number of thiazole rings is 1. The van der Waals surface area contributed by atoms with Gasteiger partial charge in [-0.1, -0.05) is 41.1 Å². The Morgan fingerprint density at radius 3 is 2.40 bits per heavy atom. The quantitative estimate of drug-likeness (QED) is 0.278. The van der Waals surface area contributed by atoms with Gasteiger partial charge in [-0.15, -0.1) is 12.4 Å². The number of nitrogens with zero attached hydrogens (tertiary/aromatic N) is 3. The predicted molar refractivity (Wildman–Crippen MR) is 163 cm³/mol. The highest BCUT2D eigenvalue weighted by Crippen LogP contribution is 2.38. The van der Waals surface area contributed by atoms with Crippen molar-refractivity contribution in [2.75, 3.05) is 56.0 Å². The fourth-order valence-electron chi connectivity index (χ4n) is 4.36. The number of methoxy groups -OCH3 is 1. The lowest BCUT2D eigenvalue weighted by Gasteiger charge is -2.34. The summed E-state index contributed by atoms with van der Waals surface area (Å²) in [5.41, 5.74) is 1.65. The van der Waals surface area contributed by atoms with Crippen molar-refractivity contribution in [3.63, 3.8) is 0 Å². The van der Waals surface area contributed by atoms with Gasteiger partial charge in [-0.25, -0.2) is 13.4 Å². The minimum atomic E-state index is -3.68. The first-order valence-electron chi connectivity index (χ1n) is 12.4. The van der Waals surface area contributed by atoms with Crippen LogP contribution in [0.15, 0.2) is 71.6 Å². The highest BCUT2D eigenvalue weighted by molar-refractivity contribution is 7.92. The Balaban J connectivity index is 0.00000370. The first-order chi connectivity index (χ1) is 18.8. The van der Waals surface area contributed by atoms with E-state index >= 15 is 0 Å². The highest BCUT2D eigenvalue weighted by atomic mass is 35.5. The summed E-state index contributed by atoms with van der Waals surface area (Å²) in [5, 5.41) is 4.45. The molecule has 0 radical (unpaired) electrons. The van der Waals surface area contributed by atoms with Crippen LogP contribution < -0.4 is 19.7 Å². The number of amides is 1. The predicted octanol–water partition coefficient (Wildman–Crippen LogP) is 4.73. The van der Waals surface area contributed by atoms with Gasteiger partial charge < -0.3 is 15.0 Å². The minimum absolute atomic E-state index is 0. The van der Waals surface area contributed by atoms with Crippen molar-refractivity contribution >= 4 is 72.3 Å². The zero-order chi connectivity index (χ0) is 27.4. The normalized spacial score (nSPS) is 14.0. The number of hydrogen-bond acceptors (Lipinski definition) is 8. The Kier molecular flexibility index (Phi) is 9.75. The minimum Gasteiger partial charge on any atom is -0.493 e. The van der Waals surface area contributed by atoms with Gasteiger partial charge >= 0.3 is 0 Å². The lowest BCUT2D eigenvalue weighted by Crippen LogP contribution is -2.48. The Bertz CT molecular complexity index is 1560. The van der Waals surface area contributed by atoms with Crippen LogP contribution in [0.3, 0.4) is 0 Å². The maximum absolute atomic E-state index is 12.6. The molecule has 0 spiro atoms. The van der Waals surface area contributed by atoms with Gasteiger partial charge in [0.15, 0.2) is 10.9 Å². The standard InChI is InChI=1S/C27H28ClN5O4S2.ClH/c1-37-25-22(28)11-12-23-24(25)30-27(38-23)33-17-15-32(16-18-33)14-13-29-26(34)19-7-9-20(10-8-19)31-39(35,36)21-5-3-2-4-6-21;/h2-12,31H,13-18H2,1H3,(H,29,34);1H. The van der Waals surface area contributed by atoms with Gasteiger partial charge in [0.1, 0.15) is 5.52 Å². The average Bonchev–Trinajstić information content (AvgIpc) is 3.38. The highest BCUT2D eigenvalue weighted by Gasteiger charge is 2.21. The van der Waals surface area contributed by atoms with E-state index in [1.165, 1.54) is 12.1 Å². The van der Waals surface area contributed by atoms with Crippen LogP contribution in [-0.4, -0.2) is 70.6 Å². The van der Waals surface area contributed by atoms with Crippen LogP contribution >= 0.6 is 35.3 Å². The van der Waals surface area contributed by atoms with E-state index in [9.17, 15) is 13.2 Å². The summed E-state index contributed by atoms with van der Waals surface area (Å²) in [6, 6.07) is 18.3. The number of rotatable bonds is 9. The molecule has 40 heavy (non-hydrogen) atoms. The zero-order valence-electron chi connectivity index (χ0n) is 21.7. The number of benzene rings is 3. The van der Waals surface area contributed by atoms with Crippen molar-refractivity contribution in [1.29, 1.82) is 0 Å². The molecule has 0 saturated carbocycles. The van der Waals surface area contributed by atoms with Crippen LogP contribution in [0.25, 0.3) is 10.2 Å². The number of hydrogen-bond donors (Lipinski definition) is 2. The Morgan fingerprint density at radius 1 is 1.02 bits per heavy atom. The van der Waals surface area contributed by atoms with Gasteiger partial charge in [-0.3, -0.25) is 14.4 Å². The second kappa shape index (κ2) is 13.0. The maximum Gasteiger partial charge on any atom is 0.261 e. The van der Waals surface area contributed by atoms with Gasteiger partial charge in [-0.05, 0) is 48.5 Å². The van der Waals surface area contributed by atoms with Crippen LogP contribution in [-0.2, 0) is 10.0 Å². The molecule has 2 heterocycles. The molecule has 0 atom stereocenters. The number of halogens is 2. The molecule has 1 aliphatic rings. The molecule has 1 saturated heterocycles. The van der Waals surface area contributed by atoms with Gasteiger partial charge in [0.05, 0.1) is 21.7 Å². The summed E-state index contributed by atoms with van der Waals surface area (Å²) in [6.45, 7) is 4.64. The Labute approximate surface area is 248 Å². The fraction of sp³-hybridized carbons (Fsp3) is 0.259. The van der Waals surface area contributed by atoms with Crippen molar-refractivity contribution in [1.82, 2.24) is 15.2 Å². The summed E-state index contributed by atoms with van der Waals surface area (Å²) in [7, 11) is -2.08. The van der Waals surface area contributed by atoms with Gasteiger partial charge in [0.25, 0.3) is 15.9 Å². The molecule has 0 aliphatic carbocycles. The van der Waals surface area contributed by atoms with E-state index in [1.807, 2.05) is 12.1 Å². The number of carbonyl (C=O) groups is 1. The molecule has 2 N–H and O–H groups in total. The van der Waals surface area contributed by atoms with Crippen molar-refractivity contribution in [2.45, 2.75) is 4.90 Å². The molecule has 1 fully saturated rings. The smallest absolute Gasteiger partial charge is 0.261 e. The molecule has 1 aromatic heterocycles. The van der Waals surface area contributed by atoms with Gasteiger partial charge in [-0.2, -0.15) is 0 Å². The number of sulfonamides is 1. The number of anilines is 2. The van der Waals surface area contributed by atoms with Crippen LogP contribution in [0, 0.1) is 0 Å². The number of piperazine rings is 1. The van der Waals surface area contributed by atoms with Crippen molar-refractivity contribution in [3.8, 4) is 5.75 Å². The molecule has 3 aromatic carbocycles. The third kappa shape index (κ3) is 6.79. The van der Waals surface area contributed by atoms with Crippen LogP contribution in [0.1, 0.15) is 10.4 Å². The Morgan fingerprint density at radius 2 is 1.73 bits per heavy atom. The van der Waals surface area contributed by atoms with Gasteiger partial charge in [0.2, 0.25) is 0 Å². The lowest BCUT2D eigenvalue weighted by molar-refractivity contribution is 0.0948. The number of ether oxygens (including phenoxy) is 1. The molecule has 4 aromatic rings. The number of carbonyl (C=O) groups excluding carboxylic acids is 1. The summed E-state index contributed by atoms with van der Waals surface area (Å²) in [4.78, 5) is 22.1. The summed E-state index contributed by atoms with van der Waals surface area (Å²) < 4.78 is 34.0. The molecule has 13 heteroatoms. The monoisotopic (exact) mass is 621 g/mol. The molecular formula is C27H29Cl2N5O4S2. The second-order valence-electron chi connectivity index (χ2n) is 9.00. The van der Waals surface area contributed by atoms with Crippen molar-refractivity contribution < 1.29 is 17.9 Å². The maximum atomic E-state index is 12.6. The third-order valence-corrected chi connectivity index (χ3v) is 9.24.